The Morgan fingerprint density at radius 2 is 1.91 bits per heavy atom. The Morgan fingerprint density at radius 1 is 1.17 bits per heavy atom. The number of fused-ring (bicyclic) bond motifs is 1. The second kappa shape index (κ2) is 8.79. The lowest BCUT2D eigenvalue weighted by Gasteiger charge is -2.27. The van der Waals surface area contributed by atoms with E-state index in [9.17, 15) is 10.1 Å². The van der Waals surface area contributed by atoms with Crippen molar-refractivity contribution in [1.82, 2.24) is 19.5 Å². The Labute approximate surface area is 208 Å². The molecule has 0 unspecified atom stereocenters. The van der Waals surface area contributed by atoms with Crippen molar-refractivity contribution < 1.29 is 0 Å². The molecule has 1 N–H and O–H groups in total. The van der Waals surface area contributed by atoms with Crippen LogP contribution >= 0.6 is 11.6 Å². The molecule has 0 bridgehead atoms. The number of aromatic nitrogens is 4. The summed E-state index contributed by atoms with van der Waals surface area (Å²) in [5.41, 5.74) is 4.14. The number of halogens is 1. The summed E-state index contributed by atoms with van der Waals surface area (Å²) in [5.74, 6) is 1.26. The number of rotatable bonds is 6. The molecule has 0 radical (unpaired) electrons. The first-order chi connectivity index (χ1) is 16.8. The molecule has 3 aromatic heterocycles. The highest BCUT2D eigenvalue weighted by molar-refractivity contribution is 6.30. The first-order valence-corrected chi connectivity index (χ1v) is 11.9. The van der Waals surface area contributed by atoms with E-state index in [2.05, 4.69) is 26.3 Å². The third kappa shape index (κ3) is 4.50. The second-order valence-corrected chi connectivity index (χ2v) is 9.95. The highest BCUT2D eigenvalue weighted by Gasteiger charge is 2.28. The van der Waals surface area contributed by atoms with Gasteiger partial charge < -0.3 is 9.88 Å². The van der Waals surface area contributed by atoms with Crippen LogP contribution < -0.4 is 10.9 Å². The van der Waals surface area contributed by atoms with Crippen LogP contribution in [0.25, 0.3) is 10.9 Å². The molecule has 1 saturated carbocycles. The quantitative estimate of drug-likeness (QED) is 0.384. The van der Waals surface area contributed by atoms with Crippen molar-refractivity contribution in [3.05, 3.63) is 92.5 Å². The van der Waals surface area contributed by atoms with Gasteiger partial charge in [0.05, 0.1) is 16.6 Å². The van der Waals surface area contributed by atoms with Gasteiger partial charge in [-0.3, -0.25) is 4.79 Å². The van der Waals surface area contributed by atoms with E-state index < -0.39 is 5.54 Å². The molecule has 8 heteroatoms. The van der Waals surface area contributed by atoms with Crippen LogP contribution in [0.2, 0.25) is 5.15 Å². The van der Waals surface area contributed by atoms with Crippen molar-refractivity contribution in [3.8, 4) is 6.07 Å². The molecular weight excluding hydrogens is 460 g/mol. The molecule has 0 amide bonds. The van der Waals surface area contributed by atoms with E-state index in [0.717, 1.165) is 22.0 Å². The van der Waals surface area contributed by atoms with E-state index >= 15 is 0 Å². The lowest BCUT2D eigenvalue weighted by molar-refractivity contribution is 0.561. The topological polar surface area (TPSA) is 96.5 Å². The maximum absolute atomic E-state index is 12.7. The fourth-order valence-corrected chi connectivity index (χ4v) is 4.58. The van der Waals surface area contributed by atoms with Gasteiger partial charge in [0, 0.05) is 42.8 Å². The number of benzene rings is 1. The maximum atomic E-state index is 12.7. The van der Waals surface area contributed by atoms with Gasteiger partial charge in [0.25, 0.3) is 5.56 Å². The van der Waals surface area contributed by atoms with Gasteiger partial charge in [-0.15, -0.1) is 0 Å². The minimum absolute atomic E-state index is 0.110. The summed E-state index contributed by atoms with van der Waals surface area (Å²) in [6.45, 7) is 4.01. The van der Waals surface area contributed by atoms with Crippen LogP contribution in [0.4, 0.5) is 5.69 Å². The molecule has 0 spiro atoms. The van der Waals surface area contributed by atoms with Crippen molar-refractivity contribution in [3.63, 3.8) is 0 Å². The zero-order valence-electron chi connectivity index (χ0n) is 19.8. The summed E-state index contributed by atoms with van der Waals surface area (Å²) in [6, 6.07) is 11.5. The average Bonchev–Trinajstić information content (AvgIpc) is 3.68. The normalized spacial score (nSPS) is 13.6. The van der Waals surface area contributed by atoms with Crippen LogP contribution in [0.5, 0.6) is 0 Å². The zero-order chi connectivity index (χ0) is 24.7. The summed E-state index contributed by atoms with van der Waals surface area (Å²) in [7, 11) is 1.76. The number of hydrogen-bond donors (Lipinski definition) is 1. The van der Waals surface area contributed by atoms with Crippen molar-refractivity contribution in [2.45, 2.75) is 44.6 Å². The van der Waals surface area contributed by atoms with E-state index in [0.29, 0.717) is 29.4 Å². The Morgan fingerprint density at radius 3 is 2.60 bits per heavy atom. The molecule has 35 heavy (non-hydrogen) atoms. The number of nitriles is 1. The fourth-order valence-electron chi connectivity index (χ4n) is 4.36. The summed E-state index contributed by atoms with van der Waals surface area (Å²) >= 11 is 6.12. The van der Waals surface area contributed by atoms with Gasteiger partial charge in [-0.05, 0) is 73.9 Å². The minimum Gasteiger partial charge on any atom is -0.372 e. The first kappa shape index (κ1) is 23.0. The maximum Gasteiger partial charge on any atom is 0.252 e. The summed E-state index contributed by atoms with van der Waals surface area (Å²) in [4.78, 5) is 26.0. The van der Waals surface area contributed by atoms with E-state index in [-0.39, 0.29) is 10.7 Å². The molecule has 3 heterocycles. The van der Waals surface area contributed by atoms with Crippen molar-refractivity contribution in [2.24, 2.45) is 7.05 Å². The number of nitrogens with one attached hydrogen (secondary N) is 1. The second-order valence-electron chi connectivity index (χ2n) is 9.60. The van der Waals surface area contributed by atoms with Gasteiger partial charge in [0.15, 0.2) is 5.82 Å². The van der Waals surface area contributed by atoms with Crippen LogP contribution in [0.15, 0.2) is 53.7 Å². The van der Waals surface area contributed by atoms with Gasteiger partial charge in [-0.1, -0.05) is 17.7 Å². The van der Waals surface area contributed by atoms with E-state index in [1.165, 1.54) is 18.4 Å². The monoisotopic (exact) mass is 484 g/mol. The summed E-state index contributed by atoms with van der Waals surface area (Å²) < 4.78 is 1.63. The van der Waals surface area contributed by atoms with E-state index in [4.69, 9.17) is 11.6 Å². The van der Waals surface area contributed by atoms with Crippen LogP contribution in [0.1, 0.15) is 60.7 Å². The van der Waals surface area contributed by atoms with E-state index in [1.54, 1.807) is 29.9 Å². The molecule has 0 aliphatic heterocycles. The molecule has 1 fully saturated rings. The highest BCUT2D eigenvalue weighted by Crippen LogP contribution is 2.39. The van der Waals surface area contributed by atoms with Gasteiger partial charge in [-0.2, -0.15) is 5.26 Å². The summed E-state index contributed by atoms with van der Waals surface area (Å²) in [6.07, 6.45) is 8.35. The van der Waals surface area contributed by atoms with Crippen molar-refractivity contribution in [2.75, 3.05) is 5.32 Å². The van der Waals surface area contributed by atoms with Crippen molar-refractivity contribution >= 4 is 28.2 Å². The Kier molecular flexibility index (Phi) is 5.78. The lowest BCUT2D eigenvalue weighted by Crippen LogP contribution is -2.31. The van der Waals surface area contributed by atoms with E-state index in [1.807, 2.05) is 44.4 Å². The smallest absolute Gasteiger partial charge is 0.252 e. The Balaban J connectivity index is 1.53. The van der Waals surface area contributed by atoms with Gasteiger partial charge in [0.1, 0.15) is 11.2 Å². The molecule has 5 rings (SSSR count). The molecule has 4 aromatic rings. The standard InChI is InChI=1S/C27H25ClN6O/c1-27(2,26-31-14-19(15-32-26)17-5-6-17)33-22-12-24(35)34(3)23-7-4-16(11-20(22)23)10-18-8-9-30-25(28)21(18)13-29/h4,7-9,11-12,14-15,17,33H,5-6,10H2,1-3H3. The molecule has 0 saturated heterocycles. The van der Waals surface area contributed by atoms with Crippen LogP contribution in [0.3, 0.4) is 0 Å². The molecule has 1 aromatic carbocycles. The Hall–Kier alpha value is -3.76. The fraction of sp³-hybridized carbons (Fsp3) is 0.296. The number of anilines is 1. The molecule has 0 atom stereocenters. The largest absolute Gasteiger partial charge is 0.372 e. The first-order valence-electron chi connectivity index (χ1n) is 11.5. The number of aryl methyl sites for hydroxylation is 1. The SMILES string of the molecule is Cn1c(=O)cc(NC(C)(C)c2ncc(C3CC3)cn2)c2cc(Cc3ccnc(Cl)c3C#N)ccc21. The third-order valence-corrected chi connectivity index (χ3v) is 6.82. The lowest BCUT2D eigenvalue weighted by atomic mass is 9.99. The molecule has 7 nitrogen and oxygen atoms in total. The number of hydrogen-bond acceptors (Lipinski definition) is 6. The third-order valence-electron chi connectivity index (χ3n) is 6.54. The number of nitrogens with zero attached hydrogens (tertiary/aromatic N) is 5. The molecule has 1 aliphatic carbocycles. The van der Waals surface area contributed by atoms with Gasteiger partial charge in [0.2, 0.25) is 0 Å². The van der Waals surface area contributed by atoms with Crippen molar-refractivity contribution in [1.29, 1.82) is 5.26 Å². The summed E-state index contributed by atoms with van der Waals surface area (Å²) in [5, 5.41) is 14.1. The molecular formula is C27H25ClN6O. The van der Waals surface area contributed by atoms with Gasteiger partial charge >= 0.3 is 0 Å². The molecule has 176 valence electrons. The van der Waals surface area contributed by atoms with Gasteiger partial charge in [-0.25, -0.2) is 15.0 Å². The average molecular weight is 485 g/mol. The van der Waals surface area contributed by atoms with Crippen LogP contribution in [-0.2, 0) is 19.0 Å². The number of pyridine rings is 2. The van der Waals surface area contributed by atoms with Crippen LogP contribution in [0, 0.1) is 11.3 Å². The predicted octanol–water partition coefficient (Wildman–Crippen LogP) is 5.06. The zero-order valence-corrected chi connectivity index (χ0v) is 20.6. The van der Waals surface area contributed by atoms with Crippen LogP contribution in [-0.4, -0.2) is 19.5 Å². The minimum atomic E-state index is -0.607. The molecule has 1 aliphatic rings. The Bertz CT molecular complexity index is 1530. The predicted molar refractivity (Wildman–Crippen MR) is 137 cm³/mol. The highest BCUT2D eigenvalue weighted by atomic mass is 35.5.